The molecule has 3 rings (SSSR count). The zero-order chi connectivity index (χ0) is 12.4. The van der Waals surface area contributed by atoms with E-state index >= 15 is 0 Å². The third-order valence-electron chi connectivity index (χ3n) is 2.96. The van der Waals surface area contributed by atoms with Crippen molar-refractivity contribution in [2.45, 2.75) is 6.92 Å². The van der Waals surface area contributed by atoms with Crippen molar-refractivity contribution in [3.63, 3.8) is 0 Å². The highest BCUT2D eigenvalue weighted by molar-refractivity contribution is 7.20. The number of thiophene rings is 1. The number of hydrogen-bond acceptors (Lipinski definition) is 5. The number of rotatable bonds is 1. The fourth-order valence-corrected chi connectivity index (χ4v) is 3.16. The molecule has 0 bridgehead atoms. The Morgan fingerprint density at radius 2 is 2.17 bits per heavy atom. The maximum Gasteiger partial charge on any atom is 0.150 e. The summed E-state index contributed by atoms with van der Waals surface area (Å²) in [5, 5.41) is 3.35. The van der Waals surface area contributed by atoms with Crippen LogP contribution in [0, 0.1) is 11.8 Å². The molecule has 0 aromatic carbocycles. The lowest BCUT2D eigenvalue weighted by atomic mass is 10.3. The van der Waals surface area contributed by atoms with Crippen molar-refractivity contribution in [1.29, 1.82) is 0 Å². The van der Waals surface area contributed by atoms with E-state index in [4.69, 9.17) is 0 Å². The fraction of sp³-hybridized carbons (Fsp3) is 0.385. The van der Waals surface area contributed by atoms with Gasteiger partial charge in [-0.05, 0) is 13.0 Å². The van der Waals surface area contributed by atoms with Gasteiger partial charge in [0.2, 0.25) is 0 Å². The van der Waals surface area contributed by atoms with Gasteiger partial charge in [0.1, 0.15) is 12.1 Å². The second-order valence-corrected chi connectivity index (χ2v) is 5.19. The van der Waals surface area contributed by atoms with Crippen molar-refractivity contribution in [3.8, 4) is 11.8 Å². The van der Waals surface area contributed by atoms with Crippen molar-refractivity contribution in [3.05, 3.63) is 17.3 Å². The standard InChI is InChI=1S/C13H14N4S/c1-2-3-10-8-11-12(18-10)13(16-9-15-11)17-6-4-14-5-7-17/h8-9,14H,4-7H2,1H3. The number of piperazine rings is 1. The Balaban J connectivity index is 2.06. The molecule has 92 valence electrons. The molecule has 0 aliphatic carbocycles. The van der Waals surface area contributed by atoms with Crippen molar-refractivity contribution < 1.29 is 0 Å². The molecule has 0 unspecified atom stereocenters. The van der Waals surface area contributed by atoms with Gasteiger partial charge in [0, 0.05) is 26.2 Å². The van der Waals surface area contributed by atoms with Crippen LogP contribution in [0.1, 0.15) is 11.8 Å². The summed E-state index contributed by atoms with van der Waals surface area (Å²) in [5.41, 5.74) is 1.00. The second kappa shape index (κ2) is 4.92. The molecule has 0 saturated carbocycles. The van der Waals surface area contributed by atoms with Crippen LogP contribution in [0.2, 0.25) is 0 Å². The lowest BCUT2D eigenvalue weighted by molar-refractivity contribution is 0.586. The minimum absolute atomic E-state index is 0.999. The van der Waals surface area contributed by atoms with Gasteiger partial charge in [-0.15, -0.1) is 17.3 Å². The number of fused-ring (bicyclic) bond motifs is 1. The molecule has 1 aliphatic heterocycles. The van der Waals surface area contributed by atoms with Crippen molar-refractivity contribution in [2.75, 3.05) is 31.1 Å². The largest absolute Gasteiger partial charge is 0.353 e. The number of nitrogens with one attached hydrogen (secondary N) is 1. The van der Waals surface area contributed by atoms with Crippen LogP contribution in [0.25, 0.3) is 10.2 Å². The third kappa shape index (κ3) is 2.05. The van der Waals surface area contributed by atoms with Gasteiger partial charge in [0.15, 0.2) is 0 Å². The Bertz CT molecular complexity index is 617. The van der Waals surface area contributed by atoms with E-state index in [0.717, 1.165) is 47.1 Å². The highest BCUT2D eigenvalue weighted by Gasteiger charge is 2.16. The Labute approximate surface area is 110 Å². The molecule has 1 N–H and O–H groups in total. The fourth-order valence-electron chi connectivity index (χ4n) is 2.13. The maximum absolute atomic E-state index is 4.45. The van der Waals surface area contributed by atoms with Crippen LogP contribution >= 0.6 is 11.3 Å². The Kier molecular flexibility index (Phi) is 3.13. The summed E-state index contributed by atoms with van der Waals surface area (Å²) in [6.45, 7) is 5.88. The van der Waals surface area contributed by atoms with E-state index in [0.29, 0.717) is 0 Å². The molecule has 2 aromatic rings. The Hall–Kier alpha value is -1.64. The minimum atomic E-state index is 0.999. The molecular formula is C13H14N4S. The van der Waals surface area contributed by atoms with Gasteiger partial charge in [0.05, 0.1) is 15.1 Å². The third-order valence-corrected chi connectivity index (χ3v) is 3.99. The summed E-state index contributed by atoms with van der Waals surface area (Å²) in [7, 11) is 0. The van der Waals surface area contributed by atoms with Gasteiger partial charge in [-0.3, -0.25) is 0 Å². The first kappa shape index (κ1) is 11.5. The van der Waals surface area contributed by atoms with Gasteiger partial charge in [0.25, 0.3) is 0 Å². The molecule has 0 radical (unpaired) electrons. The SMILES string of the molecule is CC#Cc1cc2ncnc(N3CCNCC3)c2s1. The van der Waals surface area contributed by atoms with Gasteiger partial charge in [-0.1, -0.05) is 5.92 Å². The monoisotopic (exact) mass is 258 g/mol. The zero-order valence-corrected chi connectivity index (χ0v) is 11.0. The highest BCUT2D eigenvalue weighted by atomic mass is 32.1. The Morgan fingerprint density at radius 3 is 2.94 bits per heavy atom. The topological polar surface area (TPSA) is 41.1 Å². The summed E-state index contributed by atoms with van der Waals surface area (Å²) in [4.78, 5) is 12.2. The van der Waals surface area contributed by atoms with Crippen LogP contribution in [0.4, 0.5) is 5.82 Å². The molecule has 0 amide bonds. The molecule has 4 nitrogen and oxygen atoms in total. The van der Waals surface area contributed by atoms with Crippen LogP contribution < -0.4 is 10.2 Å². The van der Waals surface area contributed by atoms with E-state index in [2.05, 4.69) is 32.0 Å². The zero-order valence-electron chi connectivity index (χ0n) is 10.2. The lowest BCUT2D eigenvalue weighted by Gasteiger charge is -2.28. The van der Waals surface area contributed by atoms with Crippen molar-refractivity contribution in [2.24, 2.45) is 0 Å². The average molecular weight is 258 g/mol. The first-order chi connectivity index (χ1) is 8.88. The quantitative estimate of drug-likeness (QED) is 0.787. The van der Waals surface area contributed by atoms with Crippen molar-refractivity contribution >= 4 is 27.4 Å². The number of aromatic nitrogens is 2. The van der Waals surface area contributed by atoms with E-state index in [1.165, 1.54) is 0 Å². The molecule has 0 atom stereocenters. The first-order valence-electron chi connectivity index (χ1n) is 6.01. The summed E-state index contributed by atoms with van der Waals surface area (Å²) in [6, 6.07) is 2.05. The second-order valence-electron chi connectivity index (χ2n) is 4.13. The van der Waals surface area contributed by atoms with Crippen LogP contribution in [0.15, 0.2) is 12.4 Å². The molecule has 5 heteroatoms. The van der Waals surface area contributed by atoms with Gasteiger partial charge in [-0.2, -0.15) is 0 Å². The molecule has 1 fully saturated rings. The minimum Gasteiger partial charge on any atom is -0.353 e. The summed E-state index contributed by atoms with van der Waals surface area (Å²) in [5.74, 6) is 7.08. The van der Waals surface area contributed by atoms with E-state index in [9.17, 15) is 0 Å². The number of hydrogen-bond donors (Lipinski definition) is 1. The van der Waals surface area contributed by atoms with Gasteiger partial charge < -0.3 is 10.2 Å². The Morgan fingerprint density at radius 1 is 1.33 bits per heavy atom. The molecule has 18 heavy (non-hydrogen) atoms. The van der Waals surface area contributed by atoms with Gasteiger partial charge in [-0.25, -0.2) is 9.97 Å². The maximum atomic E-state index is 4.45. The predicted molar refractivity (Wildman–Crippen MR) is 75.0 cm³/mol. The lowest BCUT2D eigenvalue weighted by Crippen LogP contribution is -2.43. The first-order valence-corrected chi connectivity index (χ1v) is 6.83. The van der Waals surface area contributed by atoms with Crippen LogP contribution in [-0.2, 0) is 0 Å². The molecule has 1 aliphatic rings. The van der Waals surface area contributed by atoms with E-state index in [1.807, 2.05) is 13.0 Å². The molecule has 0 spiro atoms. The van der Waals surface area contributed by atoms with Crippen molar-refractivity contribution in [1.82, 2.24) is 15.3 Å². The van der Waals surface area contributed by atoms with Crippen LogP contribution in [-0.4, -0.2) is 36.1 Å². The number of nitrogens with zero attached hydrogens (tertiary/aromatic N) is 3. The predicted octanol–water partition coefficient (Wildman–Crippen LogP) is 1.47. The number of anilines is 1. The molecule has 1 saturated heterocycles. The van der Waals surface area contributed by atoms with Crippen LogP contribution in [0.5, 0.6) is 0 Å². The molecular weight excluding hydrogens is 244 g/mol. The normalized spacial score (nSPS) is 15.5. The highest BCUT2D eigenvalue weighted by Crippen LogP contribution is 2.30. The molecule has 2 aromatic heterocycles. The summed E-state index contributed by atoms with van der Waals surface area (Å²) in [6.07, 6.45) is 1.65. The van der Waals surface area contributed by atoms with E-state index in [1.54, 1.807) is 17.7 Å². The van der Waals surface area contributed by atoms with E-state index < -0.39 is 0 Å². The smallest absolute Gasteiger partial charge is 0.150 e. The van der Waals surface area contributed by atoms with E-state index in [-0.39, 0.29) is 0 Å². The molecule has 3 heterocycles. The summed E-state index contributed by atoms with van der Waals surface area (Å²) < 4.78 is 1.15. The van der Waals surface area contributed by atoms with Gasteiger partial charge >= 0.3 is 0 Å². The average Bonchev–Trinajstić information content (AvgIpc) is 2.82. The van der Waals surface area contributed by atoms with Crippen LogP contribution in [0.3, 0.4) is 0 Å². The summed E-state index contributed by atoms with van der Waals surface area (Å²) >= 11 is 1.68.